The first kappa shape index (κ1) is 25.0. The summed E-state index contributed by atoms with van der Waals surface area (Å²) in [7, 11) is 3.00. The number of rotatable bonds is 10. The van der Waals surface area contributed by atoms with Crippen LogP contribution in [0.15, 0.2) is 66.9 Å². The van der Waals surface area contributed by atoms with E-state index in [9.17, 15) is 19.3 Å². The molecule has 3 aromatic carbocycles. The normalized spacial score (nSPS) is 10.9. The second-order valence-corrected chi connectivity index (χ2v) is 7.18. The molecule has 0 atom stereocenters. The molecule has 0 aliphatic heterocycles. The summed E-state index contributed by atoms with van der Waals surface area (Å²) >= 11 is 0. The summed E-state index contributed by atoms with van der Waals surface area (Å²) in [6.45, 7) is -0.206. The average Bonchev–Trinajstić information content (AvgIpc) is 2.86. The van der Waals surface area contributed by atoms with Crippen LogP contribution in [-0.2, 0) is 4.79 Å². The summed E-state index contributed by atoms with van der Waals surface area (Å²) in [5.74, 6) is 0.715. The van der Waals surface area contributed by atoms with Gasteiger partial charge in [-0.3, -0.25) is 14.9 Å². The van der Waals surface area contributed by atoms with E-state index in [1.54, 1.807) is 42.5 Å². The number of carbonyl (C=O) groups is 1. The van der Waals surface area contributed by atoms with Crippen molar-refractivity contribution in [2.24, 2.45) is 0 Å². The van der Waals surface area contributed by atoms with Crippen molar-refractivity contribution >= 4 is 29.8 Å². The molecule has 1 N–H and O–H groups in total. The van der Waals surface area contributed by atoms with Crippen molar-refractivity contribution in [3.05, 3.63) is 99.5 Å². The Morgan fingerprint density at radius 1 is 0.971 bits per heavy atom. The number of methoxy groups -OCH3 is 2. The number of ether oxygens (including phenoxy) is 3. The van der Waals surface area contributed by atoms with Crippen molar-refractivity contribution in [1.29, 1.82) is 0 Å². The molecule has 0 aliphatic rings. The molecule has 3 aromatic rings. The van der Waals surface area contributed by atoms with Crippen LogP contribution in [-0.4, -0.2) is 31.7 Å². The second-order valence-electron chi connectivity index (χ2n) is 7.18. The molecule has 0 unspecified atom stereocenters. The predicted molar refractivity (Wildman–Crippen MR) is 131 cm³/mol. The Bertz CT molecular complexity index is 1240. The van der Waals surface area contributed by atoms with E-state index >= 15 is 0 Å². The molecule has 0 spiro atoms. The van der Waals surface area contributed by atoms with E-state index in [0.29, 0.717) is 34.1 Å². The maximum Gasteiger partial charge on any atom is 0.262 e. The largest absolute Gasteiger partial charge is 0.497 e. The molecular formula is C26H23FN2O6. The van der Waals surface area contributed by atoms with E-state index in [-0.39, 0.29) is 18.3 Å². The molecule has 0 heterocycles. The van der Waals surface area contributed by atoms with E-state index in [2.05, 4.69) is 5.32 Å². The first-order valence-corrected chi connectivity index (χ1v) is 10.4. The van der Waals surface area contributed by atoms with Crippen molar-refractivity contribution in [3.63, 3.8) is 0 Å². The Morgan fingerprint density at radius 2 is 1.69 bits per heavy atom. The van der Waals surface area contributed by atoms with Crippen LogP contribution >= 0.6 is 0 Å². The maximum absolute atomic E-state index is 12.9. The number of hydrogen-bond acceptors (Lipinski definition) is 6. The van der Waals surface area contributed by atoms with Gasteiger partial charge in [0.25, 0.3) is 5.91 Å². The average molecular weight is 478 g/mol. The van der Waals surface area contributed by atoms with Crippen molar-refractivity contribution < 1.29 is 28.3 Å². The van der Waals surface area contributed by atoms with Gasteiger partial charge in [-0.2, -0.15) is 0 Å². The Kier molecular flexibility index (Phi) is 8.55. The predicted octanol–water partition coefficient (Wildman–Crippen LogP) is 5.28. The van der Waals surface area contributed by atoms with Gasteiger partial charge >= 0.3 is 0 Å². The van der Waals surface area contributed by atoms with E-state index in [4.69, 9.17) is 14.2 Å². The molecule has 0 aliphatic carbocycles. The van der Waals surface area contributed by atoms with Gasteiger partial charge in [0.1, 0.15) is 23.1 Å². The number of nitrogens with one attached hydrogen (secondary N) is 1. The zero-order valence-electron chi connectivity index (χ0n) is 19.1. The van der Waals surface area contributed by atoms with Crippen LogP contribution in [0.1, 0.15) is 16.7 Å². The van der Waals surface area contributed by atoms with E-state index in [1.807, 2.05) is 6.08 Å². The summed E-state index contributed by atoms with van der Waals surface area (Å²) in [6.07, 6.45) is 5.82. The van der Waals surface area contributed by atoms with Crippen molar-refractivity contribution in [1.82, 2.24) is 0 Å². The smallest absolute Gasteiger partial charge is 0.262 e. The zero-order valence-corrected chi connectivity index (χ0v) is 19.1. The van der Waals surface area contributed by atoms with Gasteiger partial charge in [-0.25, -0.2) is 4.39 Å². The fraction of sp³-hybridized carbons (Fsp3) is 0.115. The van der Waals surface area contributed by atoms with Crippen LogP contribution < -0.4 is 19.5 Å². The minimum atomic E-state index is -0.546. The summed E-state index contributed by atoms with van der Waals surface area (Å²) in [5, 5.41) is 13.4. The van der Waals surface area contributed by atoms with Gasteiger partial charge in [0.2, 0.25) is 6.20 Å². The zero-order chi connectivity index (χ0) is 25.2. The number of hydrogen-bond donors (Lipinski definition) is 1. The molecule has 0 aromatic heterocycles. The van der Waals surface area contributed by atoms with Crippen LogP contribution in [0.2, 0.25) is 0 Å². The minimum absolute atomic E-state index is 0.206. The van der Waals surface area contributed by atoms with Crippen molar-refractivity contribution in [2.45, 2.75) is 0 Å². The van der Waals surface area contributed by atoms with Gasteiger partial charge in [0, 0.05) is 23.4 Å². The van der Waals surface area contributed by atoms with E-state index < -0.39 is 4.92 Å². The lowest BCUT2D eigenvalue weighted by molar-refractivity contribution is -0.400. The number of carbonyl (C=O) groups excluding carboxylic acids is 1. The van der Waals surface area contributed by atoms with Crippen LogP contribution in [0, 0.1) is 15.9 Å². The lowest BCUT2D eigenvalue weighted by atomic mass is 10.0. The Morgan fingerprint density at radius 3 is 2.31 bits per heavy atom. The lowest BCUT2D eigenvalue weighted by Crippen LogP contribution is -2.20. The molecule has 180 valence electrons. The van der Waals surface area contributed by atoms with E-state index in [1.165, 1.54) is 44.6 Å². The highest BCUT2D eigenvalue weighted by Crippen LogP contribution is 2.31. The third-order valence-electron chi connectivity index (χ3n) is 4.80. The summed E-state index contributed by atoms with van der Waals surface area (Å²) in [5.41, 5.74) is 2.51. The van der Waals surface area contributed by atoms with Gasteiger partial charge in [-0.15, -0.1) is 0 Å². The number of halogens is 1. The van der Waals surface area contributed by atoms with Crippen LogP contribution in [0.25, 0.3) is 18.2 Å². The summed E-state index contributed by atoms with van der Waals surface area (Å²) in [6, 6.07) is 15.9. The summed E-state index contributed by atoms with van der Waals surface area (Å²) in [4.78, 5) is 22.3. The molecule has 9 heteroatoms. The number of nitrogens with zero attached hydrogens (tertiary/aromatic N) is 1. The SMILES string of the molecule is COc1cc(/C=C/c2ccc(OCC(=O)Nc3ccc(F)cc3)cc2)c(/C=C/[N+](=O)[O-])c(OC)c1. The van der Waals surface area contributed by atoms with Crippen LogP contribution in [0.4, 0.5) is 10.1 Å². The molecule has 0 fully saturated rings. The molecule has 1 amide bonds. The van der Waals surface area contributed by atoms with Gasteiger partial charge in [0.15, 0.2) is 6.61 Å². The summed E-state index contributed by atoms with van der Waals surface area (Å²) < 4.78 is 29.1. The number of benzene rings is 3. The Balaban J connectivity index is 1.68. The standard InChI is InChI=1S/C26H23FN2O6/c1-33-23-15-19(24(13-14-29(31)32)25(16-23)34-2)6-3-18-4-11-22(12-5-18)35-17-26(30)28-21-9-7-20(27)8-10-21/h3-16H,17H2,1-2H3,(H,28,30)/b6-3+,14-13+. The second kappa shape index (κ2) is 12.0. The maximum atomic E-state index is 12.9. The molecule has 0 radical (unpaired) electrons. The molecule has 3 rings (SSSR count). The Hall–Kier alpha value is -4.66. The number of anilines is 1. The topological polar surface area (TPSA) is 99.9 Å². The van der Waals surface area contributed by atoms with Crippen LogP contribution in [0.3, 0.4) is 0 Å². The quantitative estimate of drug-likeness (QED) is 0.242. The molecule has 0 saturated heterocycles. The van der Waals surface area contributed by atoms with Gasteiger partial charge in [-0.1, -0.05) is 24.3 Å². The molecular weight excluding hydrogens is 455 g/mol. The Labute approximate surface area is 201 Å². The third kappa shape index (κ3) is 7.43. The minimum Gasteiger partial charge on any atom is -0.497 e. The van der Waals surface area contributed by atoms with Gasteiger partial charge < -0.3 is 19.5 Å². The third-order valence-corrected chi connectivity index (χ3v) is 4.80. The lowest BCUT2D eigenvalue weighted by Gasteiger charge is -2.11. The highest BCUT2D eigenvalue weighted by atomic mass is 19.1. The van der Waals surface area contributed by atoms with Crippen molar-refractivity contribution in [3.8, 4) is 17.2 Å². The molecule has 0 saturated carbocycles. The van der Waals surface area contributed by atoms with Gasteiger partial charge in [0.05, 0.1) is 19.1 Å². The van der Waals surface area contributed by atoms with Crippen molar-refractivity contribution in [2.75, 3.05) is 26.1 Å². The molecule has 8 nitrogen and oxygen atoms in total. The highest BCUT2D eigenvalue weighted by molar-refractivity contribution is 5.91. The monoisotopic (exact) mass is 478 g/mol. The number of nitro groups is 1. The first-order chi connectivity index (χ1) is 16.9. The molecule has 0 bridgehead atoms. The molecule has 35 heavy (non-hydrogen) atoms. The van der Waals surface area contributed by atoms with E-state index in [0.717, 1.165) is 11.8 Å². The fourth-order valence-corrected chi connectivity index (χ4v) is 3.10. The fourth-order valence-electron chi connectivity index (χ4n) is 3.10. The number of amides is 1. The highest BCUT2D eigenvalue weighted by Gasteiger charge is 2.10. The van der Waals surface area contributed by atoms with Gasteiger partial charge in [-0.05, 0) is 53.6 Å². The van der Waals surface area contributed by atoms with Crippen LogP contribution in [0.5, 0.6) is 17.2 Å². The first-order valence-electron chi connectivity index (χ1n) is 10.4.